The molecule has 1 aromatic heterocycles. The molecule has 2 aliphatic rings. The van der Waals surface area contributed by atoms with Crippen LogP contribution in [-0.2, 0) is 11.3 Å². The van der Waals surface area contributed by atoms with Gasteiger partial charge < -0.3 is 15.4 Å². The van der Waals surface area contributed by atoms with Crippen molar-refractivity contribution in [2.45, 2.75) is 44.2 Å². The van der Waals surface area contributed by atoms with Crippen molar-refractivity contribution < 1.29 is 4.74 Å². The Kier molecular flexibility index (Phi) is 9.09. The first kappa shape index (κ1) is 23.9. The summed E-state index contributed by atoms with van der Waals surface area (Å²) < 4.78 is 7.59. The minimum atomic E-state index is 0. The molecule has 2 aromatic rings. The average molecular weight is 539 g/mol. The Morgan fingerprint density at radius 3 is 2.55 bits per heavy atom. The summed E-state index contributed by atoms with van der Waals surface area (Å²) in [4.78, 5) is 7.09. The fourth-order valence-electron chi connectivity index (χ4n) is 4.67. The smallest absolute Gasteiger partial charge is 0.191 e. The number of hydrogen-bond acceptors (Lipinski definition) is 5. The second-order valence-corrected chi connectivity index (χ2v) is 8.12. The van der Waals surface area contributed by atoms with Crippen molar-refractivity contribution in [3.63, 3.8) is 0 Å². The highest BCUT2D eigenvalue weighted by atomic mass is 127. The van der Waals surface area contributed by atoms with E-state index < -0.39 is 0 Å². The van der Waals surface area contributed by atoms with Gasteiger partial charge in [-0.05, 0) is 25.0 Å². The molecular formula is C22H34IN7O. The van der Waals surface area contributed by atoms with Gasteiger partial charge in [0.05, 0.1) is 19.8 Å². The van der Waals surface area contributed by atoms with E-state index in [1.165, 1.54) is 32.1 Å². The van der Waals surface area contributed by atoms with Crippen molar-refractivity contribution >= 4 is 29.9 Å². The fourth-order valence-corrected chi connectivity index (χ4v) is 4.67. The van der Waals surface area contributed by atoms with Crippen LogP contribution in [0.4, 0.5) is 0 Å². The Morgan fingerprint density at radius 2 is 1.84 bits per heavy atom. The standard InChI is InChI=1S/C22H33N7O.HI/c1-23-21(24-16-20-27-26-18-29(20)19-8-4-2-5-9-19)25-17-22(10-6-3-7-11-22)28-12-14-30-15-13-28;/h2,4-5,8-9,18H,3,6-7,10-17H2,1H3,(H2,23,24,25);1H. The van der Waals surface area contributed by atoms with Crippen molar-refractivity contribution in [2.75, 3.05) is 39.9 Å². The molecule has 1 saturated heterocycles. The van der Waals surface area contributed by atoms with E-state index in [-0.39, 0.29) is 29.5 Å². The molecule has 0 unspecified atom stereocenters. The summed E-state index contributed by atoms with van der Waals surface area (Å²) in [5.41, 5.74) is 1.25. The first-order chi connectivity index (χ1) is 14.8. The van der Waals surface area contributed by atoms with Gasteiger partial charge in [0.15, 0.2) is 11.8 Å². The maximum absolute atomic E-state index is 5.60. The van der Waals surface area contributed by atoms with E-state index in [2.05, 4.69) is 42.9 Å². The number of ether oxygens (including phenoxy) is 1. The molecule has 31 heavy (non-hydrogen) atoms. The topological polar surface area (TPSA) is 79.6 Å². The number of aliphatic imine (C=N–C) groups is 1. The van der Waals surface area contributed by atoms with Crippen molar-refractivity contribution in [1.29, 1.82) is 0 Å². The van der Waals surface area contributed by atoms with Gasteiger partial charge in [0, 0.05) is 37.9 Å². The number of rotatable bonds is 6. The summed E-state index contributed by atoms with van der Waals surface area (Å²) in [5, 5.41) is 15.4. The van der Waals surface area contributed by atoms with Crippen LogP contribution in [-0.4, -0.2) is 71.1 Å². The lowest BCUT2D eigenvalue weighted by Crippen LogP contribution is -2.60. The average Bonchev–Trinajstić information content (AvgIpc) is 3.30. The zero-order valence-corrected chi connectivity index (χ0v) is 20.6. The zero-order chi connectivity index (χ0) is 20.7. The van der Waals surface area contributed by atoms with Crippen LogP contribution < -0.4 is 10.6 Å². The van der Waals surface area contributed by atoms with Crippen LogP contribution in [0, 0.1) is 0 Å². The maximum atomic E-state index is 5.60. The minimum absolute atomic E-state index is 0. The number of nitrogens with zero attached hydrogens (tertiary/aromatic N) is 5. The monoisotopic (exact) mass is 539 g/mol. The number of para-hydroxylation sites is 1. The lowest BCUT2D eigenvalue weighted by Gasteiger charge is -2.48. The molecule has 1 aromatic carbocycles. The third-order valence-corrected chi connectivity index (χ3v) is 6.34. The second kappa shape index (κ2) is 11.8. The number of guanidine groups is 1. The number of morpholine rings is 1. The Hall–Kier alpha value is -1.72. The van der Waals surface area contributed by atoms with Crippen LogP contribution >= 0.6 is 24.0 Å². The molecule has 4 rings (SSSR count). The van der Waals surface area contributed by atoms with Crippen molar-refractivity contribution in [3.8, 4) is 5.69 Å². The summed E-state index contributed by atoms with van der Waals surface area (Å²) in [7, 11) is 1.82. The van der Waals surface area contributed by atoms with Crippen LogP contribution in [0.3, 0.4) is 0 Å². The molecule has 0 bridgehead atoms. The fraction of sp³-hybridized carbons (Fsp3) is 0.591. The van der Waals surface area contributed by atoms with Crippen molar-refractivity contribution in [2.24, 2.45) is 4.99 Å². The SMILES string of the molecule is CN=C(NCc1nncn1-c1ccccc1)NCC1(N2CCOCC2)CCCCC1.I. The molecular weight excluding hydrogens is 505 g/mol. The molecule has 2 N–H and O–H groups in total. The molecule has 0 atom stereocenters. The number of hydrogen-bond donors (Lipinski definition) is 2. The molecule has 8 nitrogen and oxygen atoms in total. The van der Waals surface area contributed by atoms with E-state index in [0.29, 0.717) is 6.54 Å². The largest absolute Gasteiger partial charge is 0.379 e. The summed E-state index contributed by atoms with van der Waals surface area (Å²) in [6.07, 6.45) is 8.15. The number of halogens is 1. The van der Waals surface area contributed by atoms with Gasteiger partial charge in [0.2, 0.25) is 0 Å². The lowest BCUT2D eigenvalue weighted by molar-refractivity contribution is -0.0352. The van der Waals surface area contributed by atoms with Gasteiger partial charge in [-0.15, -0.1) is 34.2 Å². The summed E-state index contributed by atoms with van der Waals surface area (Å²) in [5.74, 6) is 1.65. The van der Waals surface area contributed by atoms with E-state index in [9.17, 15) is 0 Å². The maximum Gasteiger partial charge on any atom is 0.191 e. The van der Waals surface area contributed by atoms with Gasteiger partial charge in [0.1, 0.15) is 6.33 Å². The van der Waals surface area contributed by atoms with E-state index in [0.717, 1.165) is 50.3 Å². The Balaban J connectivity index is 0.00000272. The molecule has 1 saturated carbocycles. The van der Waals surface area contributed by atoms with Gasteiger partial charge in [0.25, 0.3) is 0 Å². The normalized spacial score (nSPS) is 19.5. The third kappa shape index (κ3) is 5.95. The van der Waals surface area contributed by atoms with Crippen LogP contribution in [0.25, 0.3) is 5.69 Å². The van der Waals surface area contributed by atoms with Gasteiger partial charge >= 0.3 is 0 Å². The van der Waals surface area contributed by atoms with Crippen LogP contribution in [0.1, 0.15) is 37.9 Å². The number of benzene rings is 1. The van der Waals surface area contributed by atoms with E-state index in [1.54, 1.807) is 6.33 Å². The Bertz CT molecular complexity index is 814. The van der Waals surface area contributed by atoms with Gasteiger partial charge in [-0.1, -0.05) is 37.5 Å². The third-order valence-electron chi connectivity index (χ3n) is 6.34. The van der Waals surface area contributed by atoms with Crippen LogP contribution in [0.2, 0.25) is 0 Å². The number of nitrogens with one attached hydrogen (secondary N) is 2. The van der Waals surface area contributed by atoms with Crippen molar-refractivity contribution in [3.05, 3.63) is 42.5 Å². The zero-order valence-electron chi connectivity index (χ0n) is 18.3. The van der Waals surface area contributed by atoms with Gasteiger partial charge in [-0.3, -0.25) is 14.5 Å². The van der Waals surface area contributed by atoms with E-state index >= 15 is 0 Å². The highest BCUT2D eigenvalue weighted by Crippen LogP contribution is 2.33. The highest BCUT2D eigenvalue weighted by molar-refractivity contribution is 14.0. The predicted molar refractivity (Wildman–Crippen MR) is 133 cm³/mol. The highest BCUT2D eigenvalue weighted by Gasteiger charge is 2.38. The predicted octanol–water partition coefficient (Wildman–Crippen LogP) is 2.59. The van der Waals surface area contributed by atoms with Gasteiger partial charge in [-0.25, -0.2) is 0 Å². The molecule has 0 spiro atoms. The molecule has 1 aliphatic carbocycles. The Labute approximate surface area is 201 Å². The molecule has 0 amide bonds. The summed E-state index contributed by atoms with van der Waals surface area (Å²) in [6.45, 7) is 5.17. The molecule has 2 fully saturated rings. The van der Waals surface area contributed by atoms with Crippen molar-refractivity contribution in [1.82, 2.24) is 30.3 Å². The summed E-state index contributed by atoms with van der Waals surface area (Å²) >= 11 is 0. The lowest BCUT2D eigenvalue weighted by atomic mass is 9.80. The number of aromatic nitrogens is 3. The molecule has 0 radical (unpaired) electrons. The van der Waals surface area contributed by atoms with Crippen LogP contribution in [0.15, 0.2) is 41.7 Å². The van der Waals surface area contributed by atoms with Crippen LogP contribution in [0.5, 0.6) is 0 Å². The minimum Gasteiger partial charge on any atom is -0.379 e. The van der Waals surface area contributed by atoms with Gasteiger partial charge in [-0.2, -0.15) is 0 Å². The first-order valence-corrected chi connectivity index (χ1v) is 11.0. The summed E-state index contributed by atoms with van der Waals surface area (Å²) in [6, 6.07) is 10.1. The molecule has 9 heteroatoms. The van der Waals surface area contributed by atoms with E-state index in [1.807, 2.05) is 29.8 Å². The molecule has 170 valence electrons. The quantitative estimate of drug-likeness (QED) is 0.334. The second-order valence-electron chi connectivity index (χ2n) is 8.12. The molecule has 2 heterocycles. The Morgan fingerprint density at radius 1 is 1.10 bits per heavy atom. The molecule has 1 aliphatic heterocycles. The first-order valence-electron chi connectivity index (χ1n) is 11.0. The van der Waals surface area contributed by atoms with E-state index in [4.69, 9.17) is 4.74 Å².